The second kappa shape index (κ2) is 10.8. The molecule has 0 saturated carbocycles. The zero-order chi connectivity index (χ0) is 33.5. The van der Waals surface area contributed by atoms with Gasteiger partial charge < -0.3 is 13.6 Å². The van der Waals surface area contributed by atoms with E-state index in [4.69, 9.17) is 4.42 Å². The molecule has 3 heterocycles. The van der Waals surface area contributed by atoms with Gasteiger partial charge in [-0.05, 0) is 77.4 Å². The molecule has 0 amide bonds. The monoisotopic (exact) mass is 650 g/mol. The van der Waals surface area contributed by atoms with E-state index in [1.807, 2.05) is 12.1 Å². The highest BCUT2D eigenvalue weighted by molar-refractivity contribution is 6.12. The van der Waals surface area contributed by atoms with Crippen LogP contribution in [0.5, 0.6) is 0 Å². The predicted molar refractivity (Wildman–Crippen MR) is 213 cm³/mol. The Bertz CT molecular complexity index is 3080. The summed E-state index contributed by atoms with van der Waals surface area (Å²) in [5.74, 6) is 0. The molecule has 0 aliphatic rings. The van der Waals surface area contributed by atoms with Gasteiger partial charge >= 0.3 is 0 Å². The number of hydrogen-bond donors (Lipinski definition) is 0. The maximum Gasteiger partial charge on any atom is 0.143 e. The molecular weight excluding hydrogens is 621 g/mol. The summed E-state index contributed by atoms with van der Waals surface area (Å²) in [7, 11) is 0. The zero-order valence-corrected chi connectivity index (χ0v) is 27.6. The number of hydrogen-bond acceptors (Lipinski definition) is 1. The van der Waals surface area contributed by atoms with Crippen LogP contribution in [0.2, 0.25) is 0 Å². The Balaban J connectivity index is 1.01. The fourth-order valence-electron chi connectivity index (χ4n) is 8.22. The van der Waals surface area contributed by atoms with E-state index in [-0.39, 0.29) is 0 Å². The molecule has 11 aromatic rings. The fourth-order valence-corrected chi connectivity index (χ4v) is 8.22. The van der Waals surface area contributed by atoms with Gasteiger partial charge in [-0.3, -0.25) is 0 Å². The standard InChI is InChI=1S/C48H30N2O/c1-5-19-43-37(13-1)38-14-2-6-20-44(38)50(43)35-27-28-46-42(30-35)39-15-3-7-21-45(39)49(46)34-25-23-31(24-26-34)32-11-9-12-33(29-32)36-17-10-18-41-40-16-4-8-22-47(40)51-48(36)41/h1-30H. The number of furan rings is 1. The number of aromatic nitrogens is 2. The molecule has 0 spiro atoms. The summed E-state index contributed by atoms with van der Waals surface area (Å²) in [5, 5.41) is 7.31. The van der Waals surface area contributed by atoms with Gasteiger partial charge in [0.15, 0.2) is 0 Å². The van der Waals surface area contributed by atoms with E-state index >= 15 is 0 Å². The molecule has 0 saturated heterocycles. The smallest absolute Gasteiger partial charge is 0.143 e. The molecule has 0 radical (unpaired) electrons. The van der Waals surface area contributed by atoms with E-state index in [1.54, 1.807) is 0 Å². The van der Waals surface area contributed by atoms with Crippen LogP contribution < -0.4 is 0 Å². The van der Waals surface area contributed by atoms with Crippen LogP contribution >= 0.6 is 0 Å². The van der Waals surface area contributed by atoms with Crippen LogP contribution in [-0.4, -0.2) is 9.13 Å². The van der Waals surface area contributed by atoms with Gasteiger partial charge in [0, 0.05) is 49.3 Å². The van der Waals surface area contributed by atoms with E-state index in [0.29, 0.717) is 0 Å². The van der Waals surface area contributed by atoms with Crippen LogP contribution in [0.4, 0.5) is 0 Å². The van der Waals surface area contributed by atoms with Crippen molar-refractivity contribution < 1.29 is 4.42 Å². The third kappa shape index (κ3) is 4.19. The lowest BCUT2D eigenvalue weighted by Crippen LogP contribution is -1.96. The Morgan fingerprint density at radius 2 is 0.843 bits per heavy atom. The van der Waals surface area contributed by atoms with Gasteiger partial charge in [-0.2, -0.15) is 0 Å². The van der Waals surface area contributed by atoms with Crippen LogP contribution in [0.3, 0.4) is 0 Å². The summed E-state index contributed by atoms with van der Waals surface area (Å²) in [4.78, 5) is 0. The summed E-state index contributed by atoms with van der Waals surface area (Å²) in [5.41, 5.74) is 13.6. The lowest BCUT2D eigenvalue weighted by molar-refractivity contribution is 0.670. The third-order valence-corrected chi connectivity index (χ3v) is 10.5. The van der Waals surface area contributed by atoms with Crippen LogP contribution in [0, 0.1) is 0 Å². The van der Waals surface area contributed by atoms with Crippen LogP contribution in [-0.2, 0) is 0 Å². The molecule has 3 aromatic heterocycles. The molecule has 0 aliphatic heterocycles. The molecule has 0 atom stereocenters. The minimum absolute atomic E-state index is 0.916. The van der Waals surface area contributed by atoms with E-state index in [1.165, 1.54) is 54.7 Å². The lowest BCUT2D eigenvalue weighted by Gasteiger charge is -2.11. The quantitative estimate of drug-likeness (QED) is 0.186. The third-order valence-electron chi connectivity index (χ3n) is 10.5. The molecule has 0 bridgehead atoms. The number of rotatable bonds is 4. The summed E-state index contributed by atoms with van der Waals surface area (Å²) < 4.78 is 11.2. The fraction of sp³-hybridized carbons (Fsp3) is 0. The Morgan fingerprint density at radius 3 is 1.57 bits per heavy atom. The molecule has 3 nitrogen and oxygen atoms in total. The van der Waals surface area contributed by atoms with Crippen molar-refractivity contribution in [1.29, 1.82) is 0 Å². The molecule has 0 aliphatic carbocycles. The second-order valence-electron chi connectivity index (χ2n) is 13.3. The summed E-state index contributed by atoms with van der Waals surface area (Å²) in [6.07, 6.45) is 0. The minimum Gasteiger partial charge on any atom is -0.455 e. The van der Waals surface area contributed by atoms with Gasteiger partial charge in [0.1, 0.15) is 11.2 Å². The molecule has 3 heteroatoms. The molecular formula is C48H30N2O. The van der Waals surface area contributed by atoms with Gasteiger partial charge in [0.25, 0.3) is 0 Å². The van der Waals surface area contributed by atoms with Crippen molar-refractivity contribution in [2.75, 3.05) is 0 Å². The van der Waals surface area contributed by atoms with Gasteiger partial charge in [-0.25, -0.2) is 0 Å². The Morgan fingerprint density at radius 1 is 0.314 bits per heavy atom. The van der Waals surface area contributed by atoms with Crippen molar-refractivity contribution in [2.45, 2.75) is 0 Å². The number of para-hydroxylation sites is 5. The van der Waals surface area contributed by atoms with Crippen LogP contribution in [0.25, 0.3) is 99.2 Å². The zero-order valence-electron chi connectivity index (χ0n) is 27.6. The predicted octanol–water partition coefficient (Wildman–Crippen LogP) is 13.1. The first kappa shape index (κ1) is 28.0. The average Bonchev–Trinajstić information content (AvgIpc) is 3.86. The van der Waals surface area contributed by atoms with Crippen molar-refractivity contribution in [3.05, 3.63) is 182 Å². The molecule has 0 N–H and O–H groups in total. The number of benzene rings is 8. The van der Waals surface area contributed by atoms with E-state index < -0.39 is 0 Å². The van der Waals surface area contributed by atoms with Gasteiger partial charge in [0.2, 0.25) is 0 Å². The van der Waals surface area contributed by atoms with Crippen LogP contribution in [0.1, 0.15) is 0 Å². The highest BCUT2D eigenvalue weighted by Crippen LogP contribution is 2.39. The second-order valence-corrected chi connectivity index (χ2v) is 13.3. The highest BCUT2D eigenvalue weighted by atomic mass is 16.3. The molecule has 238 valence electrons. The first-order chi connectivity index (χ1) is 25.3. The van der Waals surface area contributed by atoms with Gasteiger partial charge in [-0.1, -0.05) is 121 Å². The maximum absolute atomic E-state index is 6.37. The minimum atomic E-state index is 0.916. The normalized spacial score (nSPS) is 11.9. The Kier molecular flexibility index (Phi) is 5.96. The first-order valence-electron chi connectivity index (χ1n) is 17.4. The van der Waals surface area contributed by atoms with E-state index in [0.717, 1.165) is 44.4 Å². The van der Waals surface area contributed by atoms with E-state index in [9.17, 15) is 0 Å². The van der Waals surface area contributed by atoms with Crippen molar-refractivity contribution in [3.8, 4) is 33.6 Å². The van der Waals surface area contributed by atoms with Crippen molar-refractivity contribution >= 4 is 65.6 Å². The first-order valence-corrected chi connectivity index (χ1v) is 17.4. The largest absolute Gasteiger partial charge is 0.455 e. The lowest BCUT2D eigenvalue weighted by atomic mass is 9.97. The Hall–Kier alpha value is -6.84. The van der Waals surface area contributed by atoms with Crippen LogP contribution in [0.15, 0.2) is 186 Å². The molecule has 8 aromatic carbocycles. The molecule has 51 heavy (non-hydrogen) atoms. The maximum atomic E-state index is 6.37. The highest BCUT2D eigenvalue weighted by Gasteiger charge is 2.17. The van der Waals surface area contributed by atoms with Gasteiger partial charge in [-0.15, -0.1) is 0 Å². The molecule has 0 fully saturated rings. The summed E-state index contributed by atoms with van der Waals surface area (Å²) in [6, 6.07) is 65.5. The summed E-state index contributed by atoms with van der Waals surface area (Å²) in [6.45, 7) is 0. The topological polar surface area (TPSA) is 23.0 Å². The van der Waals surface area contributed by atoms with E-state index in [2.05, 4.69) is 179 Å². The van der Waals surface area contributed by atoms with Gasteiger partial charge in [0.05, 0.1) is 22.1 Å². The van der Waals surface area contributed by atoms with Crippen molar-refractivity contribution in [3.63, 3.8) is 0 Å². The summed E-state index contributed by atoms with van der Waals surface area (Å²) >= 11 is 0. The number of nitrogens with zero attached hydrogens (tertiary/aromatic N) is 2. The average molecular weight is 651 g/mol. The van der Waals surface area contributed by atoms with Crippen molar-refractivity contribution in [1.82, 2.24) is 9.13 Å². The Labute approximate surface area is 293 Å². The number of fused-ring (bicyclic) bond motifs is 9. The van der Waals surface area contributed by atoms with Crippen molar-refractivity contribution in [2.24, 2.45) is 0 Å². The molecule has 0 unspecified atom stereocenters. The molecule has 11 rings (SSSR count). The SMILES string of the molecule is c1cc(-c2ccc(-n3c4ccccc4c4cc(-n5c6ccccc6c6ccccc65)ccc43)cc2)cc(-c2cccc3c2oc2ccccc23)c1.